The molecule has 1 fully saturated rings. The Labute approximate surface area is 183 Å². The van der Waals surface area contributed by atoms with Gasteiger partial charge in [0.1, 0.15) is 0 Å². The van der Waals surface area contributed by atoms with Crippen LogP contribution in [0.25, 0.3) is 0 Å². The Morgan fingerprint density at radius 2 is 1.87 bits per heavy atom. The van der Waals surface area contributed by atoms with Crippen molar-refractivity contribution in [1.82, 2.24) is 20.3 Å². The smallest absolute Gasteiger partial charge is 0.240 e. The van der Waals surface area contributed by atoms with Crippen LogP contribution in [0, 0.1) is 6.92 Å². The number of aliphatic imine (C=N–C) groups is 1. The number of likely N-dealkylation sites (tertiary alicyclic amines) is 1. The topological polar surface area (TPSA) is 85.8 Å². The van der Waals surface area contributed by atoms with Crippen molar-refractivity contribution in [2.45, 2.75) is 30.7 Å². The van der Waals surface area contributed by atoms with Gasteiger partial charge in [0.15, 0.2) is 5.96 Å². The predicted molar refractivity (Wildman–Crippen MR) is 124 cm³/mol. The molecular formula is C21H31N5O2S2. The van der Waals surface area contributed by atoms with E-state index in [9.17, 15) is 8.42 Å². The van der Waals surface area contributed by atoms with E-state index >= 15 is 0 Å². The third-order valence-electron chi connectivity index (χ3n) is 5.18. The number of hydrogen-bond acceptors (Lipinski definition) is 5. The Morgan fingerprint density at radius 1 is 1.13 bits per heavy atom. The van der Waals surface area contributed by atoms with Crippen LogP contribution in [0.4, 0.5) is 0 Å². The van der Waals surface area contributed by atoms with Gasteiger partial charge in [-0.05, 0) is 56.4 Å². The van der Waals surface area contributed by atoms with Gasteiger partial charge in [0.2, 0.25) is 10.0 Å². The molecule has 7 nitrogen and oxygen atoms in total. The molecule has 0 bridgehead atoms. The quantitative estimate of drug-likeness (QED) is 0.311. The van der Waals surface area contributed by atoms with Gasteiger partial charge < -0.3 is 10.6 Å². The van der Waals surface area contributed by atoms with Gasteiger partial charge in [-0.25, -0.2) is 13.1 Å². The van der Waals surface area contributed by atoms with Crippen molar-refractivity contribution in [3.63, 3.8) is 0 Å². The molecule has 1 aromatic heterocycles. The molecule has 1 saturated heterocycles. The Bertz CT molecular complexity index is 905. The number of nitrogens with zero attached hydrogens (tertiary/aromatic N) is 2. The van der Waals surface area contributed by atoms with E-state index in [1.807, 2.05) is 6.92 Å². The summed E-state index contributed by atoms with van der Waals surface area (Å²) in [6, 6.07) is 11.4. The Morgan fingerprint density at radius 3 is 2.50 bits per heavy atom. The predicted octanol–water partition coefficient (Wildman–Crippen LogP) is 2.34. The SMILES string of the molecule is CN=C(NCCNS(=O)(=O)c1ccc(C)cc1)NCC(c1cccs1)N1CCCC1. The van der Waals surface area contributed by atoms with Gasteiger partial charge in [0, 0.05) is 31.6 Å². The minimum atomic E-state index is -3.50. The lowest BCUT2D eigenvalue weighted by atomic mass is 10.2. The van der Waals surface area contributed by atoms with Crippen LogP contribution < -0.4 is 15.4 Å². The molecule has 1 aliphatic heterocycles. The molecule has 9 heteroatoms. The molecule has 164 valence electrons. The lowest BCUT2D eigenvalue weighted by Gasteiger charge is -2.27. The second kappa shape index (κ2) is 10.9. The fraction of sp³-hybridized carbons (Fsp3) is 0.476. The lowest BCUT2D eigenvalue weighted by Crippen LogP contribution is -2.44. The highest BCUT2D eigenvalue weighted by molar-refractivity contribution is 7.89. The summed E-state index contributed by atoms with van der Waals surface area (Å²) in [4.78, 5) is 8.42. The molecule has 1 aliphatic rings. The van der Waals surface area contributed by atoms with Crippen LogP contribution in [0.5, 0.6) is 0 Å². The van der Waals surface area contributed by atoms with Crippen molar-refractivity contribution >= 4 is 27.3 Å². The molecule has 0 saturated carbocycles. The molecule has 2 aromatic rings. The summed E-state index contributed by atoms with van der Waals surface area (Å²) in [6.45, 7) is 5.65. The average molecular weight is 450 g/mol. The molecule has 0 spiro atoms. The number of benzene rings is 1. The van der Waals surface area contributed by atoms with Crippen LogP contribution in [0.3, 0.4) is 0 Å². The normalized spacial score (nSPS) is 16.5. The monoisotopic (exact) mass is 449 g/mol. The number of aryl methyl sites for hydroxylation is 1. The van der Waals surface area contributed by atoms with Gasteiger partial charge in [-0.2, -0.15) is 0 Å². The van der Waals surface area contributed by atoms with Crippen molar-refractivity contribution in [1.29, 1.82) is 0 Å². The van der Waals surface area contributed by atoms with Crippen LogP contribution in [-0.2, 0) is 10.0 Å². The first-order chi connectivity index (χ1) is 14.5. The third-order valence-corrected chi connectivity index (χ3v) is 7.63. The van der Waals surface area contributed by atoms with E-state index in [1.165, 1.54) is 17.7 Å². The maximum Gasteiger partial charge on any atom is 0.240 e. The Hall–Kier alpha value is -1.94. The second-order valence-electron chi connectivity index (χ2n) is 7.37. The van der Waals surface area contributed by atoms with E-state index in [0.29, 0.717) is 18.5 Å². The van der Waals surface area contributed by atoms with Crippen LogP contribution in [0.1, 0.15) is 29.3 Å². The maximum atomic E-state index is 12.4. The van der Waals surface area contributed by atoms with Crippen molar-refractivity contribution < 1.29 is 8.42 Å². The van der Waals surface area contributed by atoms with Crippen molar-refractivity contribution in [2.75, 3.05) is 39.8 Å². The zero-order valence-corrected chi connectivity index (χ0v) is 19.2. The summed E-state index contributed by atoms with van der Waals surface area (Å²) >= 11 is 1.78. The first-order valence-corrected chi connectivity index (χ1v) is 12.6. The minimum absolute atomic E-state index is 0.275. The largest absolute Gasteiger partial charge is 0.355 e. The summed E-state index contributed by atoms with van der Waals surface area (Å²) in [5, 5.41) is 8.70. The minimum Gasteiger partial charge on any atom is -0.355 e. The molecule has 1 aromatic carbocycles. The molecule has 1 unspecified atom stereocenters. The molecule has 0 amide bonds. The number of hydrogen-bond donors (Lipinski definition) is 3. The van der Waals surface area contributed by atoms with Gasteiger partial charge in [-0.1, -0.05) is 23.8 Å². The highest BCUT2D eigenvalue weighted by Gasteiger charge is 2.24. The van der Waals surface area contributed by atoms with Crippen molar-refractivity contribution in [3.05, 3.63) is 52.2 Å². The van der Waals surface area contributed by atoms with E-state index < -0.39 is 10.0 Å². The summed E-state index contributed by atoms with van der Waals surface area (Å²) < 4.78 is 27.4. The van der Waals surface area contributed by atoms with Crippen LogP contribution >= 0.6 is 11.3 Å². The van der Waals surface area contributed by atoms with Gasteiger partial charge in [-0.3, -0.25) is 9.89 Å². The molecule has 3 N–H and O–H groups in total. The lowest BCUT2D eigenvalue weighted by molar-refractivity contribution is 0.249. The first kappa shape index (κ1) is 22.7. The van der Waals surface area contributed by atoms with Gasteiger partial charge in [-0.15, -0.1) is 11.3 Å². The first-order valence-electron chi connectivity index (χ1n) is 10.3. The maximum absolute atomic E-state index is 12.4. The Balaban J connectivity index is 1.46. The Kier molecular flexibility index (Phi) is 8.26. The van der Waals surface area contributed by atoms with Gasteiger partial charge in [0.05, 0.1) is 10.9 Å². The summed E-state index contributed by atoms with van der Waals surface area (Å²) in [5.41, 5.74) is 1.03. The zero-order valence-electron chi connectivity index (χ0n) is 17.6. The number of guanidine groups is 1. The standard InChI is InChI=1S/C21H31N5O2S2/c1-17-7-9-18(10-8-17)30(27,28)25-12-11-23-21(22-2)24-16-19(20-6-5-15-29-20)26-13-3-4-14-26/h5-10,15,19,25H,3-4,11-14,16H2,1-2H3,(H2,22,23,24). The number of sulfonamides is 1. The summed E-state index contributed by atoms with van der Waals surface area (Å²) in [5.74, 6) is 0.672. The van der Waals surface area contributed by atoms with Crippen molar-refractivity contribution in [2.24, 2.45) is 4.99 Å². The van der Waals surface area contributed by atoms with E-state index in [2.05, 4.69) is 42.8 Å². The average Bonchev–Trinajstić information content (AvgIpc) is 3.45. The van der Waals surface area contributed by atoms with Crippen LogP contribution in [0.2, 0.25) is 0 Å². The van der Waals surface area contributed by atoms with Crippen molar-refractivity contribution in [3.8, 4) is 0 Å². The molecule has 0 radical (unpaired) electrons. The molecule has 0 aliphatic carbocycles. The van der Waals surface area contributed by atoms with Gasteiger partial charge >= 0.3 is 0 Å². The fourth-order valence-corrected chi connectivity index (χ4v) is 5.42. The van der Waals surface area contributed by atoms with E-state index in [0.717, 1.165) is 25.2 Å². The van der Waals surface area contributed by atoms with E-state index in [-0.39, 0.29) is 11.4 Å². The zero-order chi connectivity index (χ0) is 21.4. The van der Waals surface area contributed by atoms with Crippen LogP contribution in [-0.4, -0.2) is 59.0 Å². The number of thiophene rings is 1. The second-order valence-corrected chi connectivity index (χ2v) is 10.1. The number of rotatable bonds is 9. The van der Waals surface area contributed by atoms with E-state index in [1.54, 1.807) is 42.6 Å². The summed E-state index contributed by atoms with van der Waals surface area (Å²) in [7, 11) is -1.78. The summed E-state index contributed by atoms with van der Waals surface area (Å²) in [6.07, 6.45) is 2.49. The highest BCUT2D eigenvalue weighted by atomic mass is 32.2. The van der Waals surface area contributed by atoms with E-state index in [4.69, 9.17) is 0 Å². The molecular weight excluding hydrogens is 418 g/mol. The molecule has 2 heterocycles. The highest BCUT2D eigenvalue weighted by Crippen LogP contribution is 2.27. The molecule has 30 heavy (non-hydrogen) atoms. The molecule has 3 rings (SSSR count). The fourth-order valence-electron chi connectivity index (χ4n) is 3.52. The third kappa shape index (κ3) is 6.28. The number of nitrogens with one attached hydrogen (secondary N) is 3. The van der Waals surface area contributed by atoms with Gasteiger partial charge in [0.25, 0.3) is 0 Å². The molecule has 1 atom stereocenters. The van der Waals surface area contributed by atoms with Crippen LogP contribution in [0.15, 0.2) is 51.7 Å².